The highest BCUT2D eigenvalue weighted by molar-refractivity contribution is 5.12. The second kappa shape index (κ2) is 4.30. The maximum absolute atomic E-state index is 10.2. The molecule has 0 radical (unpaired) electrons. The summed E-state index contributed by atoms with van der Waals surface area (Å²) >= 11 is 0. The van der Waals surface area contributed by atoms with Crippen molar-refractivity contribution in [2.45, 2.75) is 60.0 Å². The van der Waals surface area contributed by atoms with Gasteiger partial charge in [0.05, 0.1) is 5.60 Å². The molecule has 2 nitrogen and oxygen atoms in total. The molecule has 0 atom stereocenters. The Morgan fingerprint density at radius 1 is 1.06 bits per heavy atom. The normalized spacial score (nSPS) is 23.4. The van der Waals surface area contributed by atoms with E-state index >= 15 is 0 Å². The molecule has 1 fully saturated rings. The molecule has 0 aliphatic heterocycles. The molecule has 0 heterocycles. The van der Waals surface area contributed by atoms with E-state index < -0.39 is 5.60 Å². The van der Waals surface area contributed by atoms with Crippen molar-refractivity contribution in [3.63, 3.8) is 0 Å². The van der Waals surface area contributed by atoms with Crippen LogP contribution in [0.1, 0.15) is 54.4 Å². The van der Waals surface area contributed by atoms with E-state index in [4.69, 9.17) is 0 Å². The minimum Gasteiger partial charge on any atom is -0.389 e. The van der Waals surface area contributed by atoms with Crippen LogP contribution in [0.4, 0.5) is 0 Å². The smallest absolute Gasteiger partial charge is 0.0766 e. The van der Waals surface area contributed by atoms with Gasteiger partial charge in [0.15, 0.2) is 0 Å². The maximum atomic E-state index is 10.2. The van der Waals surface area contributed by atoms with Crippen molar-refractivity contribution in [1.82, 2.24) is 5.32 Å². The number of rotatable bonds is 6. The summed E-state index contributed by atoms with van der Waals surface area (Å²) in [6, 6.07) is 0. The average molecular weight is 227 g/mol. The molecule has 0 bridgehead atoms. The zero-order chi connectivity index (χ0) is 12.6. The summed E-state index contributed by atoms with van der Waals surface area (Å²) in [5.74, 6) is 0.734. The van der Waals surface area contributed by atoms with Gasteiger partial charge in [-0.15, -0.1) is 0 Å². The van der Waals surface area contributed by atoms with Gasteiger partial charge in [-0.1, -0.05) is 41.5 Å². The van der Waals surface area contributed by atoms with Crippen molar-refractivity contribution in [2.75, 3.05) is 13.1 Å². The SMILES string of the molecule is CCC(O)(CC)CNCC1C(C)(C)C1(C)C. The van der Waals surface area contributed by atoms with Gasteiger partial charge in [0.25, 0.3) is 0 Å². The molecule has 1 aliphatic carbocycles. The van der Waals surface area contributed by atoms with Crippen LogP contribution in [0.15, 0.2) is 0 Å². The molecule has 16 heavy (non-hydrogen) atoms. The lowest BCUT2D eigenvalue weighted by atomic mass is 9.97. The van der Waals surface area contributed by atoms with Crippen LogP contribution in [0.25, 0.3) is 0 Å². The summed E-state index contributed by atoms with van der Waals surface area (Å²) in [5.41, 5.74) is 0.371. The number of hydrogen-bond acceptors (Lipinski definition) is 2. The first kappa shape index (κ1) is 14.0. The van der Waals surface area contributed by atoms with Gasteiger partial charge in [-0.05, 0) is 36.1 Å². The molecule has 2 heteroatoms. The topological polar surface area (TPSA) is 32.3 Å². The second-order valence-electron chi connectivity index (χ2n) is 6.56. The minimum absolute atomic E-state index is 0.441. The fourth-order valence-electron chi connectivity index (χ4n) is 2.79. The van der Waals surface area contributed by atoms with Crippen molar-refractivity contribution >= 4 is 0 Å². The van der Waals surface area contributed by atoms with Crippen LogP contribution >= 0.6 is 0 Å². The number of hydrogen-bond donors (Lipinski definition) is 2. The Morgan fingerprint density at radius 2 is 1.50 bits per heavy atom. The van der Waals surface area contributed by atoms with E-state index in [1.54, 1.807) is 0 Å². The van der Waals surface area contributed by atoms with Crippen LogP contribution in [0.5, 0.6) is 0 Å². The molecule has 1 saturated carbocycles. The van der Waals surface area contributed by atoms with Crippen LogP contribution in [0, 0.1) is 16.7 Å². The minimum atomic E-state index is -0.511. The summed E-state index contributed by atoms with van der Waals surface area (Å²) in [7, 11) is 0. The third kappa shape index (κ3) is 2.28. The van der Waals surface area contributed by atoms with Gasteiger partial charge in [-0.25, -0.2) is 0 Å². The predicted octanol–water partition coefficient (Wildman–Crippen LogP) is 2.81. The molecule has 0 aromatic rings. The summed E-state index contributed by atoms with van der Waals surface area (Å²) in [5, 5.41) is 13.6. The van der Waals surface area contributed by atoms with Gasteiger partial charge < -0.3 is 10.4 Å². The second-order valence-corrected chi connectivity index (χ2v) is 6.56. The van der Waals surface area contributed by atoms with Gasteiger partial charge in [-0.3, -0.25) is 0 Å². The van der Waals surface area contributed by atoms with Crippen molar-refractivity contribution in [2.24, 2.45) is 16.7 Å². The summed E-state index contributed by atoms with van der Waals surface area (Å²) in [4.78, 5) is 0. The Hall–Kier alpha value is -0.0800. The van der Waals surface area contributed by atoms with Gasteiger partial charge in [0, 0.05) is 6.54 Å². The van der Waals surface area contributed by atoms with E-state index in [1.165, 1.54) is 0 Å². The molecule has 0 spiro atoms. The summed E-state index contributed by atoms with van der Waals surface area (Å²) < 4.78 is 0. The lowest BCUT2D eigenvalue weighted by molar-refractivity contribution is 0.0322. The molecule has 1 aliphatic rings. The highest BCUT2D eigenvalue weighted by Gasteiger charge is 2.63. The zero-order valence-electron chi connectivity index (χ0n) is 11.9. The van der Waals surface area contributed by atoms with Crippen LogP contribution < -0.4 is 5.32 Å². The largest absolute Gasteiger partial charge is 0.389 e. The molecule has 96 valence electrons. The number of nitrogens with one attached hydrogen (secondary N) is 1. The van der Waals surface area contributed by atoms with Gasteiger partial charge in [0.1, 0.15) is 0 Å². The lowest BCUT2D eigenvalue weighted by Gasteiger charge is -2.25. The van der Waals surface area contributed by atoms with E-state index in [0.29, 0.717) is 10.8 Å². The fraction of sp³-hybridized carbons (Fsp3) is 1.00. The molecule has 0 aromatic carbocycles. The van der Waals surface area contributed by atoms with E-state index in [2.05, 4.69) is 46.9 Å². The first-order valence-electron chi connectivity index (χ1n) is 6.64. The Bertz CT molecular complexity index is 227. The van der Waals surface area contributed by atoms with Gasteiger partial charge in [0.2, 0.25) is 0 Å². The fourth-order valence-corrected chi connectivity index (χ4v) is 2.79. The van der Waals surface area contributed by atoms with E-state index in [0.717, 1.165) is 31.8 Å². The van der Waals surface area contributed by atoms with E-state index in [1.807, 2.05) is 0 Å². The van der Waals surface area contributed by atoms with Crippen molar-refractivity contribution in [3.8, 4) is 0 Å². The lowest BCUT2D eigenvalue weighted by Crippen LogP contribution is -2.40. The first-order valence-corrected chi connectivity index (χ1v) is 6.64. The number of aliphatic hydroxyl groups is 1. The van der Waals surface area contributed by atoms with Crippen molar-refractivity contribution < 1.29 is 5.11 Å². The maximum Gasteiger partial charge on any atom is 0.0766 e. The Labute approximate surface area is 101 Å². The molecule has 0 aromatic heterocycles. The summed E-state index contributed by atoms with van der Waals surface area (Å²) in [6.07, 6.45) is 1.65. The monoisotopic (exact) mass is 227 g/mol. The molecule has 0 saturated heterocycles. The predicted molar refractivity (Wildman–Crippen MR) is 69.5 cm³/mol. The summed E-state index contributed by atoms with van der Waals surface area (Å²) in [6.45, 7) is 15.2. The molecule has 2 N–H and O–H groups in total. The van der Waals surface area contributed by atoms with Crippen molar-refractivity contribution in [3.05, 3.63) is 0 Å². The molecule has 0 amide bonds. The first-order chi connectivity index (χ1) is 7.21. The van der Waals surface area contributed by atoms with Gasteiger partial charge in [-0.2, -0.15) is 0 Å². The Balaban J connectivity index is 2.33. The molecule has 0 unspecified atom stereocenters. The zero-order valence-corrected chi connectivity index (χ0v) is 11.9. The van der Waals surface area contributed by atoms with E-state index in [-0.39, 0.29) is 0 Å². The molecule has 1 rings (SSSR count). The third-order valence-corrected chi connectivity index (χ3v) is 5.44. The van der Waals surface area contributed by atoms with Gasteiger partial charge >= 0.3 is 0 Å². The van der Waals surface area contributed by atoms with Crippen LogP contribution in [-0.2, 0) is 0 Å². The highest BCUT2D eigenvalue weighted by Crippen LogP contribution is 2.67. The standard InChI is InChI=1S/C14H29NO/c1-7-14(16,8-2)10-15-9-11-12(3,4)13(11,5)6/h11,15-16H,7-10H2,1-6H3. The van der Waals surface area contributed by atoms with E-state index in [9.17, 15) is 5.11 Å². The third-order valence-electron chi connectivity index (χ3n) is 5.44. The Morgan fingerprint density at radius 3 is 1.81 bits per heavy atom. The average Bonchev–Trinajstić information content (AvgIpc) is 2.60. The Kier molecular flexibility index (Phi) is 3.76. The highest BCUT2D eigenvalue weighted by atomic mass is 16.3. The quantitative estimate of drug-likeness (QED) is 0.731. The molecular formula is C14H29NO. The van der Waals surface area contributed by atoms with Crippen molar-refractivity contribution in [1.29, 1.82) is 0 Å². The van der Waals surface area contributed by atoms with Crippen LogP contribution in [0.2, 0.25) is 0 Å². The van der Waals surface area contributed by atoms with Crippen LogP contribution in [-0.4, -0.2) is 23.8 Å². The molecular weight excluding hydrogens is 198 g/mol. The van der Waals surface area contributed by atoms with Crippen LogP contribution in [0.3, 0.4) is 0 Å².